The maximum absolute atomic E-state index is 13.6. The largest absolute Gasteiger partial charge is 0.507 e. The number of hydrogen-bond donors (Lipinski definition) is 9. The molecule has 2 atom stereocenters. The zero-order chi connectivity index (χ0) is 33.6. The quantitative estimate of drug-likeness (QED) is 0.0768. The summed E-state index contributed by atoms with van der Waals surface area (Å²) in [4.78, 5) is 51.9. The van der Waals surface area contributed by atoms with Crippen LogP contribution in [-0.4, -0.2) is 111 Å². The average Bonchev–Trinajstić information content (AvgIpc) is 2.88. The number of rotatable bonds is 8. The van der Waals surface area contributed by atoms with E-state index in [0.717, 1.165) is 0 Å². The molecule has 0 fully saturated rings. The first kappa shape index (κ1) is 33.6. The Morgan fingerprint density at radius 2 is 1.64 bits per heavy atom. The molecule has 1 aromatic rings. The molecule has 3 rings (SSSR count). The number of Topliss-reactive ketones (excluding diaryl/α,β-unsaturated/α-hetero) is 1. The van der Waals surface area contributed by atoms with Crippen molar-refractivity contribution in [2.75, 3.05) is 39.6 Å². The van der Waals surface area contributed by atoms with Gasteiger partial charge in [0.2, 0.25) is 17.4 Å². The minimum Gasteiger partial charge on any atom is -0.507 e. The third-order valence-corrected chi connectivity index (χ3v) is 7.21. The Kier molecular flexibility index (Phi) is 9.17. The van der Waals surface area contributed by atoms with E-state index < -0.39 is 87.3 Å². The number of allylic oxidation sites excluding steroid dienone is 3. The lowest BCUT2D eigenvalue weighted by atomic mass is 9.72. The van der Waals surface area contributed by atoms with E-state index in [0.29, 0.717) is 0 Å². The van der Waals surface area contributed by atoms with E-state index in [4.69, 9.17) is 5.73 Å². The molecule has 2 amide bonds. The summed E-state index contributed by atoms with van der Waals surface area (Å²) in [6.45, 7) is 5.36. The molecule has 0 bridgehead atoms. The van der Waals surface area contributed by atoms with Gasteiger partial charge in [-0.05, 0) is 27.2 Å². The van der Waals surface area contributed by atoms with E-state index >= 15 is 0 Å². The van der Waals surface area contributed by atoms with Gasteiger partial charge in [0, 0.05) is 37.2 Å². The number of carbonyl (C=O) groups excluding carboxylic acids is 3. The Morgan fingerprint density at radius 1 is 1.05 bits per heavy atom. The second-order valence-corrected chi connectivity index (χ2v) is 11.9. The van der Waals surface area contributed by atoms with Crippen molar-refractivity contribution in [3.05, 3.63) is 45.4 Å². The van der Waals surface area contributed by atoms with Gasteiger partial charge in [-0.3, -0.25) is 14.4 Å². The number of carbonyl (C=O) groups is 4. The number of aliphatic carboxylic acids is 1. The van der Waals surface area contributed by atoms with Gasteiger partial charge in [-0.15, -0.1) is 0 Å². The summed E-state index contributed by atoms with van der Waals surface area (Å²) in [5, 5.41) is 70.7. The molecule has 0 spiro atoms. The van der Waals surface area contributed by atoms with Crippen molar-refractivity contribution in [1.82, 2.24) is 10.6 Å². The highest BCUT2D eigenvalue weighted by atomic mass is 16.4. The molecule has 0 saturated carbocycles. The second-order valence-electron chi connectivity index (χ2n) is 11.9. The molecule has 0 radical (unpaired) electrons. The number of ketones is 1. The van der Waals surface area contributed by atoms with Crippen LogP contribution < -0.4 is 21.3 Å². The van der Waals surface area contributed by atoms with Crippen LogP contribution in [0.15, 0.2) is 34.3 Å². The minimum atomic E-state index is -1.79. The number of phenolic OH excluding ortho intramolecular Hbond substituents is 1. The average molecular weight is 617 g/mol. The van der Waals surface area contributed by atoms with Gasteiger partial charge >= 0.3 is 5.97 Å². The number of aromatic hydroxyl groups is 3. The van der Waals surface area contributed by atoms with Crippen LogP contribution in [-0.2, 0) is 20.8 Å². The molecule has 238 valence electrons. The summed E-state index contributed by atoms with van der Waals surface area (Å²) in [5.41, 5.74) is 2.01. The molecule has 0 unspecified atom stereocenters. The molecule has 10 N–H and O–H groups in total. The van der Waals surface area contributed by atoms with E-state index in [2.05, 4.69) is 10.6 Å². The highest BCUT2D eigenvalue weighted by Gasteiger charge is 2.48. The van der Waals surface area contributed by atoms with Crippen molar-refractivity contribution in [3.63, 3.8) is 0 Å². The Hall–Kier alpha value is -4.89. The van der Waals surface area contributed by atoms with Crippen molar-refractivity contribution in [2.24, 2.45) is 11.7 Å². The van der Waals surface area contributed by atoms with Crippen molar-refractivity contribution in [3.8, 4) is 17.2 Å². The highest BCUT2D eigenvalue weighted by molar-refractivity contribution is 6.26. The van der Waals surface area contributed by atoms with E-state index in [9.17, 15) is 49.8 Å². The Labute approximate surface area is 252 Å². The third kappa shape index (κ3) is 6.09. The predicted molar refractivity (Wildman–Crippen MR) is 158 cm³/mol. The van der Waals surface area contributed by atoms with Crippen LogP contribution in [0.2, 0.25) is 0 Å². The number of carboxylic acids is 1. The van der Waals surface area contributed by atoms with Crippen molar-refractivity contribution >= 4 is 35.0 Å². The van der Waals surface area contributed by atoms with Crippen LogP contribution in [0.1, 0.15) is 36.7 Å². The summed E-state index contributed by atoms with van der Waals surface area (Å²) in [6.07, 6.45) is -1.11. The van der Waals surface area contributed by atoms with E-state index in [1.807, 2.05) is 20.8 Å². The zero-order valence-electron chi connectivity index (χ0n) is 25.4. The van der Waals surface area contributed by atoms with Gasteiger partial charge in [0.25, 0.3) is 5.91 Å². The molecule has 0 heterocycles. The number of nitrogens with zero attached hydrogens (tertiary/aromatic N) is 2. The standard InChI is InChI=1S/C29H37N5O10/c1-29(2,3)31-10-15(35)32-13-9-14(33(4)5)17-18(23(13)38)24(39)16(28(43)44)11(21(17)36)8-12-20(34(6)7)25(40)19(27(30)42)26(41)22(12)37/h9,11,21,31,36H,8,10H2,1-7H3,(H7,30,32,35,37,38,39,40,41,42,43,44)/p+1/t11-,21+/m1/s1. The Bertz CT molecular complexity index is 1590. The number of nitrogens with two attached hydrogens (primary N) is 1. The van der Waals surface area contributed by atoms with Crippen molar-refractivity contribution < 1.29 is 54.4 Å². The number of anilines is 1. The first-order valence-corrected chi connectivity index (χ1v) is 13.4. The van der Waals surface area contributed by atoms with Gasteiger partial charge in [-0.1, -0.05) is 0 Å². The summed E-state index contributed by atoms with van der Waals surface area (Å²) in [6, 6.07) is 0. The smallest absolute Gasteiger partial charge is 0.335 e. The van der Waals surface area contributed by atoms with E-state index in [1.54, 1.807) is 14.1 Å². The van der Waals surface area contributed by atoms with E-state index in [1.165, 1.54) is 29.6 Å². The highest BCUT2D eigenvalue weighted by Crippen LogP contribution is 2.49. The maximum atomic E-state index is 13.6. The van der Waals surface area contributed by atoms with Crippen LogP contribution in [0.3, 0.4) is 0 Å². The fourth-order valence-corrected chi connectivity index (χ4v) is 5.22. The van der Waals surface area contributed by atoms with Crippen molar-refractivity contribution in [2.45, 2.75) is 38.8 Å². The number of amides is 2. The molecule has 1 aromatic carbocycles. The molecule has 44 heavy (non-hydrogen) atoms. The number of phenols is 3. The summed E-state index contributed by atoms with van der Waals surface area (Å²) in [5.74, 6) is -9.81. The lowest BCUT2D eigenvalue weighted by Crippen LogP contribution is -2.46. The number of primary amides is 1. The summed E-state index contributed by atoms with van der Waals surface area (Å²) in [7, 11) is 5.99. The van der Waals surface area contributed by atoms with Crippen LogP contribution in [0.5, 0.6) is 17.2 Å². The molecule has 2 aliphatic carbocycles. The SMILES string of the molecule is CN(C)c1c(O)c(C(N)=O)c(O)c(O)c1C[C@@H]1C(C(=O)O)=C(O)C2=C(C(=[N+](C)C)C=C(NC(=O)CNC(C)(C)C)C2=O)[C@H]1O. The first-order valence-electron chi connectivity index (χ1n) is 13.4. The van der Waals surface area contributed by atoms with Gasteiger partial charge < -0.3 is 51.9 Å². The van der Waals surface area contributed by atoms with Gasteiger partial charge in [0.1, 0.15) is 25.4 Å². The van der Waals surface area contributed by atoms with Gasteiger partial charge in [0.05, 0.1) is 40.8 Å². The number of aliphatic hydroxyl groups is 2. The molecular formula is C29H38N5O10+. The number of benzene rings is 1. The van der Waals surface area contributed by atoms with Crippen LogP contribution in [0.25, 0.3) is 0 Å². The van der Waals surface area contributed by atoms with Crippen LogP contribution in [0.4, 0.5) is 5.69 Å². The lowest BCUT2D eigenvalue weighted by molar-refractivity contribution is -0.463. The van der Waals surface area contributed by atoms with Gasteiger partial charge in [0.15, 0.2) is 17.2 Å². The molecule has 0 aromatic heterocycles. The van der Waals surface area contributed by atoms with E-state index in [-0.39, 0.29) is 34.8 Å². The normalized spacial score (nSPS) is 18.6. The number of carboxylic acid groups (broad SMARTS) is 1. The molecule has 0 aliphatic heterocycles. The topological polar surface area (TPSA) is 246 Å². The first-order chi connectivity index (χ1) is 20.2. The molecule has 2 aliphatic rings. The molecule has 15 heteroatoms. The Balaban J connectivity index is 2.20. The minimum absolute atomic E-state index is 0.147. The van der Waals surface area contributed by atoms with Crippen molar-refractivity contribution in [1.29, 1.82) is 0 Å². The molecule has 0 saturated heterocycles. The maximum Gasteiger partial charge on any atom is 0.335 e. The third-order valence-electron chi connectivity index (χ3n) is 7.21. The van der Waals surface area contributed by atoms with Crippen LogP contribution in [0, 0.1) is 5.92 Å². The number of hydrogen-bond acceptors (Lipinski definition) is 11. The number of nitrogens with one attached hydrogen (secondary N) is 2. The zero-order valence-corrected chi connectivity index (χ0v) is 25.4. The lowest BCUT2D eigenvalue weighted by Gasteiger charge is -2.34. The molecule has 15 nitrogen and oxygen atoms in total. The summed E-state index contributed by atoms with van der Waals surface area (Å²) < 4.78 is 1.49. The Morgan fingerprint density at radius 3 is 2.11 bits per heavy atom. The number of aliphatic hydroxyl groups excluding tert-OH is 2. The monoisotopic (exact) mass is 616 g/mol. The summed E-state index contributed by atoms with van der Waals surface area (Å²) >= 11 is 0. The fourth-order valence-electron chi connectivity index (χ4n) is 5.22. The fraction of sp³-hybridized carbons (Fsp3) is 0.414. The second kappa shape index (κ2) is 12.0. The predicted octanol–water partition coefficient (Wildman–Crippen LogP) is -0.621. The van der Waals surface area contributed by atoms with Gasteiger partial charge in [-0.25, -0.2) is 9.37 Å². The molecular weight excluding hydrogens is 578 g/mol. The van der Waals surface area contributed by atoms with Gasteiger partial charge in [-0.2, -0.15) is 0 Å². The van der Waals surface area contributed by atoms with Crippen LogP contribution >= 0.6 is 0 Å².